The van der Waals surface area contributed by atoms with Gasteiger partial charge in [-0.1, -0.05) is 57.7 Å². The van der Waals surface area contributed by atoms with E-state index in [9.17, 15) is 4.79 Å². The standard InChI is InChI=1S/C27H31NO3S2/c1-15-10-19-20(27(4,5)9-8-26(19,2)3)13-17(15)18-11-16(21(30-6)14-22(18)31-7)12-23-24(29)28-25(32)33-23/h10-14H,8-9H2,1-7H3,(H,28,29,32)/b23-12-. The fourth-order valence-corrected chi connectivity index (χ4v) is 5.86. The summed E-state index contributed by atoms with van der Waals surface area (Å²) in [4.78, 5) is 12.8. The van der Waals surface area contributed by atoms with Crippen molar-refractivity contribution in [1.82, 2.24) is 5.32 Å². The molecule has 0 radical (unpaired) electrons. The zero-order valence-corrected chi connectivity index (χ0v) is 22.0. The van der Waals surface area contributed by atoms with Gasteiger partial charge in [-0.3, -0.25) is 4.79 Å². The number of hydrogen-bond donors (Lipinski definition) is 1. The van der Waals surface area contributed by atoms with E-state index in [1.54, 1.807) is 14.2 Å². The second-order valence-corrected chi connectivity index (χ2v) is 11.8. The maximum absolute atomic E-state index is 12.3. The molecule has 0 bridgehead atoms. The van der Waals surface area contributed by atoms with Gasteiger partial charge in [-0.15, -0.1) is 0 Å². The average molecular weight is 482 g/mol. The number of nitrogens with one attached hydrogen (secondary N) is 1. The molecule has 174 valence electrons. The third-order valence-corrected chi connectivity index (χ3v) is 8.13. The molecule has 0 aromatic heterocycles. The van der Waals surface area contributed by atoms with Crippen LogP contribution >= 0.6 is 24.0 Å². The Labute approximate surface area is 206 Å². The highest BCUT2D eigenvalue weighted by atomic mass is 32.2. The van der Waals surface area contributed by atoms with E-state index < -0.39 is 0 Å². The maximum Gasteiger partial charge on any atom is 0.263 e. The normalized spacial score (nSPS) is 19.9. The zero-order chi connectivity index (χ0) is 24.1. The molecule has 1 aliphatic carbocycles. The van der Waals surface area contributed by atoms with Crippen molar-refractivity contribution in [1.29, 1.82) is 0 Å². The van der Waals surface area contributed by atoms with Crippen LogP contribution in [0.5, 0.6) is 11.5 Å². The predicted molar refractivity (Wildman–Crippen MR) is 141 cm³/mol. The summed E-state index contributed by atoms with van der Waals surface area (Å²) in [6.07, 6.45) is 4.16. The van der Waals surface area contributed by atoms with Gasteiger partial charge in [0.15, 0.2) is 0 Å². The van der Waals surface area contributed by atoms with E-state index in [0.717, 1.165) is 28.9 Å². The van der Waals surface area contributed by atoms with Crippen molar-refractivity contribution in [3.8, 4) is 22.6 Å². The molecule has 2 aromatic rings. The zero-order valence-electron chi connectivity index (χ0n) is 20.3. The Kier molecular flexibility index (Phi) is 6.12. The molecular formula is C27H31NO3S2. The first-order valence-electron chi connectivity index (χ1n) is 11.1. The quantitative estimate of drug-likeness (QED) is 0.398. The summed E-state index contributed by atoms with van der Waals surface area (Å²) in [6.45, 7) is 11.5. The van der Waals surface area contributed by atoms with E-state index in [-0.39, 0.29) is 16.7 Å². The minimum atomic E-state index is -0.182. The molecule has 4 nitrogen and oxygen atoms in total. The van der Waals surface area contributed by atoms with Gasteiger partial charge in [-0.05, 0) is 71.1 Å². The van der Waals surface area contributed by atoms with Crippen molar-refractivity contribution in [2.75, 3.05) is 14.2 Å². The molecule has 33 heavy (non-hydrogen) atoms. The summed E-state index contributed by atoms with van der Waals surface area (Å²) in [5, 5.41) is 2.68. The molecule has 1 aliphatic heterocycles. The molecule has 1 N–H and O–H groups in total. The molecule has 1 fully saturated rings. The van der Waals surface area contributed by atoms with Gasteiger partial charge in [-0.2, -0.15) is 0 Å². The van der Waals surface area contributed by atoms with Crippen LogP contribution in [0.3, 0.4) is 0 Å². The molecule has 0 unspecified atom stereocenters. The number of methoxy groups -OCH3 is 2. The van der Waals surface area contributed by atoms with Crippen LogP contribution in [0.4, 0.5) is 0 Å². The minimum Gasteiger partial charge on any atom is -0.496 e. The van der Waals surface area contributed by atoms with Crippen molar-refractivity contribution in [3.05, 3.63) is 51.4 Å². The molecule has 2 aliphatic rings. The molecule has 6 heteroatoms. The summed E-state index contributed by atoms with van der Waals surface area (Å²) in [5.41, 5.74) is 7.22. The van der Waals surface area contributed by atoms with Gasteiger partial charge in [0, 0.05) is 17.2 Å². The van der Waals surface area contributed by atoms with Crippen LogP contribution in [0.25, 0.3) is 17.2 Å². The van der Waals surface area contributed by atoms with E-state index in [0.29, 0.717) is 15.0 Å². The lowest BCUT2D eigenvalue weighted by Gasteiger charge is -2.42. The van der Waals surface area contributed by atoms with Crippen LogP contribution in [-0.2, 0) is 15.6 Å². The highest BCUT2D eigenvalue weighted by Gasteiger charge is 2.37. The fraction of sp³-hybridized carbons (Fsp3) is 0.407. The van der Waals surface area contributed by atoms with Crippen LogP contribution in [0.2, 0.25) is 0 Å². The molecule has 0 spiro atoms. The third-order valence-electron chi connectivity index (χ3n) is 6.97. The second kappa shape index (κ2) is 8.48. The lowest BCUT2D eigenvalue weighted by Crippen LogP contribution is -2.34. The molecule has 4 rings (SSSR count). The summed E-state index contributed by atoms with van der Waals surface area (Å²) in [6, 6.07) is 8.65. The summed E-state index contributed by atoms with van der Waals surface area (Å²) >= 11 is 6.41. The predicted octanol–water partition coefficient (Wildman–Crippen LogP) is 6.52. The lowest BCUT2D eigenvalue weighted by atomic mass is 9.62. The third kappa shape index (κ3) is 4.31. The second-order valence-electron chi connectivity index (χ2n) is 10.1. The molecular weight excluding hydrogens is 450 g/mol. The monoisotopic (exact) mass is 481 g/mol. The van der Waals surface area contributed by atoms with Crippen LogP contribution in [0.1, 0.15) is 62.8 Å². The lowest BCUT2D eigenvalue weighted by molar-refractivity contribution is -0.115. The number of aryl methyl sites for hydroxylation is 1. The number of rotatable bonds is 4. The Morgan fingerprint density at radius 1 is 0.939 bits per heavy atom. The first-order valence-corrected chi connectivity index (χ1v) is 12.4. The highest BCUT2D eigenvalue weighted by molar-refractivity contribution is 8.26. The number of fused-ring (bicyclic) bond motifs is 1. The average Bonchev–Trinajstić information content (AvgIpc) is 3.07. The van der Waals surface area contributed by atoms with Crippen molar-refractivity contribution in [3.63, 3.8) is 0 Å². The van der Waals surface area contributed by atoms with Gasteiger partial charge >= 0.3 is 0 Å². The SMILES string of the molecule is COc1cc(OC)c(-c2cc3c(cc2C)C(C)(C)CCC3(C)C)cc1/C=C1\SC(=S)NC1=O. The van der Waals surface area contributed by atoms with Crippen LogP contribution in [0, 0.1) is 6.92 Å². The number of thiocarbonyl (C=S) groups is 1. The Morgan fingerprint density at radius 2 is 1.55 bits per heavy atom. The Morgan fingerprint density at radius 3 is 2.09 bits per heavy atom. The van der Waals surface area contributed by atoms with E-state index in [4.69, 9.17) is 21.7 Å². The smallest absolute Gasteiger partial charge is 0.263 e. The van der Waals surface area contributed by atoms with Crippen molar-refractivity contribution < 1.29 is 14.3 Å². The maximum atomic E-state index is 12.3. The number of carbonyl (C=O) groups is 1. The number of ether oxygens (including phenoxy) is 2. The Hall–Kier alpha value is -2.31. The highest BCUT2D eigenvalue weighted by Crippen LogP contribution is 2.49. The molecule has 1 amide bonds. The first-order chi connectivity index (χ1) is 15.5. The number of carbonyl (C=O) groups excluding carboxylic acids is 1. The molecule has 1 saturated heterocycles. The number of thioether (sulfide) groups is 1. The van der Waals surface area contributed by atoms with Crippen LogP contribution < -0.4 is 14.8 Å². The molecule has 0 atom stereocenters. The number of benzene rings is 2. The fourth-order valence-electron chi connectivity index (χ4n) is 4.82. The largest absolute Gasteiger partial charge is 0.496 e. The number of hydrogen-bond acceptors (Lipinski definition) is 5. The molecule has 2 aromatic carbocycles. The summed E-state index contributed by atoms with van der Waals surface area (Å²) in [7, 11) is 3.30. The topological polar surface area (TPSA) is 47.6 Å². The van der Waals surface area contributed by atoms with Gasteiger partial charge < -0.3 is 14.8 Å². The first kappa shape index (κ1) is 23.8. The van der Waals surface area contributed by atoms with E-state index in [2.05, 4.69) is 58.1 Å². The van der Waals surface area contributed by atoms with Crippen LogP contribution in [0.15, 0.2) is 29.2 Å². The minimum absolute atomic E-state index is 0.103. The Bertz CT molecular complexity index is 1190. The summed E-state index contributed by atoms with van der Waals surface area (Å²) < 4.78 is 11.9. The molecule has 0 saturated carbocycles. The van der Waals surface area contributed by atoms with Crippen molar-refractivity contribution in [2.45, 2.75) is 58.3 Å². The molecule has 1 heterocycles. The summed E-state index contributed by atoms with van der Waals surface area (Å²) in [5.74, 6) is 1.20. The van der Waals surface area contributed by atoms with Gasteiger partial charge in [0.05, 0.1) is 19.1 Å². The number of amides is 1. The van der Waals surface area contributed by atoms with Crippen molar-refractivity contribution >= 4 is 40.3 Å². The van der Waals surface area contributed by atoms with Crippen molar-refractivity contribution in [2.24, 2.45) is 0 Å². The van der Waals surface area contributed by atoms with Gasteiger partial charge in [0.1, 0.15) is 15.8 Å². The van der Waals surface area contributed by atoms with E-state index >= 15 is 0 Å². The Balaban J connectivity index is 1.93. The van der Waals surface area contributed by atoms with E-state index in [1.807, 2.05) is 12.1 Å². The van der Waals surface area contributed by atoms with Gasteiger partial charge in [-0.25, -0.2) is 0 Å². The van der Waals surface area contributed by atoms with Crippen LogP contribution in [-0.4, -0.2) is 24.4 Å². The van der Waals surface area contributed by atoms with E-state index in [1.165, 1.54) is 34.9 Å². The van der Waals surface area contributed by atoms with Gasteiger partial charge in [0.2, 0.25) is 0 Å². The van der Waals surface area contributed by atoms with Gasteiger partial charge in [0.25, 0.3) is 5.91 Å².